The molecule has 0 saturated carbocycles. The van der Waals surface area contributed by atoms with Gasteiger partial charge in [0.2, 0.25) is 11.0 Å². The molecular formula is C20H19FN4O2S2. The van der Waals surface area contributed by atoms with Crippen LogP contribution in [-0.2, 0) is 11.2 Å². The molecule has 1 N–H and O–H groups in total. The van der Waals surface area contributed by atoms with Crippen LogP contribution >= 0.6 is 23.1 Å². The van der Waals surface area contributed by atoms with Gasteiger partial charge < -0.3 is 15.0 Å². The number of aryl methyl sites for hydroxylation is 1. The molecule has 0 unspecified atom stereocenters. The quantitative estimate of drug-likeness (QED) is 0.581. The van der Waals surface area contributed by atoms with Crippen LogP contribution in [0.4, 0.5) is 20.9 Å². The molecule has 0 fully saturated rings. The van der Waals surface area contributed by atoms with Crippen molar-refractivity contribution in [2.24, 2.45) is 0 Å². The lowest BCUT2D eigenvalue weighted by molar-refractivity contribution is -0.116. The van der Waals surface area contributed by atoms with E-state index in [1.807, 2.05) is 23.1 Å². The summed E-state index contributed by atoms with van der Waals surface area (Å²) in [5.74, 6) is 0.801. The lowest BCUT2D eigenvalue weighted by atomic mass is 10.0. The first-order valence-corrected chi connectivity index (χ1v) is 10.9. The van der Waals surface area contributed by atoms with Gasteiger partial charge in [-0.3, -0.25) is 4.79 Å². The molecule has 0 spiro atoms. The fourth-order valence-electron chi connectivity index (χ4n) is 3.17. The predicted molar refractivity (Wildman–Crippen MR) is 114 cm³/mol. The van der Waals surface area contributed by atoms with E-state index < -0.39 is 0 Å². The molecule has 0 aliphatic carbocycles. The Labute approximate surface area is 176 Å². The van der Waals surface area contributed by atoms with Crippen molar-refractivity contribution in [2.75, 3.05) is 29.6 Å². The molecule has 1 aromatic heterocycles. The van der Waals surface area contributed by atoms with Gasteiger partial charge in [0.1, 0.15) is 11.6 Å². The van der Waals surface area contributed by atoms with Crippen LogP contribution in [0.25, 0.3) is 0 Å². The Hall–Kier alpha value is -2.65. The van der Waals surface area contributed by atoms with Crippen LogP contribution in [0, 0.1) is 5.82 Å². The highest BCUT2D eigenvalue weighted by atomic mass is 32.2. The maximum atomic E-state index is 13.3. The van der Waals surface area contributed by atoms with Crippen LogP contribution < -0.4 is 15.0 Å². The van der Waals surface area contributed by atoms with Crippen molar-refractivity contribution in [3.63, 3.8) is 0 Å². The summed E-state index contributed by atoms with van der Waals surface area (Å²) in [6.07, 6.45) is 1.87. The Morgan fingerprint density at radius 1 is 1.31 bits per heavy atom. The van der Waals surface area contributed by atoms with Crippen molar-refractivity contribution in [2.45, 2.75) is 17.2 Å². The Kier molecular flexibility index (Phi) is 5.96. The van der Waals surface area contributed by atoms with Gasteiger partial charge in [-0.1, -0.05) is 29.2 Å². The lowest BCUT2D eigenvalue weighted by Gasteiger charge is -2.29. The number of thioether (sulfide) groups is 1. The third kappa shape index (κ3) is 4.68. The summed E-state index contributed by atoms with van der Waals surface area (Å²) >= 11 is 2.69. The highest BCUT2D eigenvalue weighted by molar-refractivity contribution is 8.01. The normalized spacial score (nSPS) is 13.1. The molecular weight excluding hydrogens is 411 g/mol. The van der Waals surface area contributed by atoms with Crippen molar-refractivity contribution in [3.8, 4) is 5.75 Å². The van der Waals surface area contributed by atoms with E-state index in [-0.39, 0.29) is 17.5 Å². The monoisotopic (exact) mass is 430 g/mol. The summed E-state index contributed by atoms with van der Waals surface area (Å²) in [6, 6.07) is 12.0. The van der Waals surface area contributed by atoms with E-state index in [9.17, 15) is 9.18 Å². The molecule has 2 aromatic carbocycles. The topological polar surface area (TPSA) is 67.3 Å². The minimum Gasteiger partial charge on any atom is -0.497 e. The SMILES string of the molecule is COc1ccc2c(c1)CCCN2C(=O)CSc1nnc(Nc2cccc(F)c2)s1. The van der Waals surface area contributed by atoms with Crippen LogP contribution in [0.3, 0.4) is 0 Å². The van der Waals surface area contributed by atoms with Crippen molar-refractivity contribution in [3.05, 3.63) is 53.8 Å². The molecule has 0 atom stereocenters. The number of methoxy groups -OCH3 is 1. The third-order valence-electron chi connectivity index (χ3n) is 4.51. The summed E-state index contributed by atoms with van der Waals surface area (Å²) in [5, 5.41) is 11.7. The number of anilines is 3. The van der Waals surface area contributed by atoms with Gasteiger partial charge in [-0.05, 0) is 54.8 Å². The molecule has 1 amide bonds. The van der Waals surface area contributed by atoms with E-state index in [0.717, 1.165) is 29.8 Å². The molecule has 1 aliphatic rings. The summed E-state index contributed by atoms with van der Waals surface area (Å²) in [6.45, 7) is 0.710. The second-order valence-electron chi connectivity index (χ2n) is 6.44. The Balaban J connectivity index is 1.38. The van der Waals surface area contributed by atoms with Crippen molar-refractivity contribution >= 4 is 45.5 Å². The van der Waals surface area contributed by atoms with E-state index in [0.29, 0.717) is 21.7 Å². The van der Waals surface area contributed by atoms with Crippen molar-refractivity contribution in [1.82, 2.24) is 10.2 Å². The van der Waals surface area contributed by atoms with Crippen LogP contribution in [0.2, 0.25) is 0 Å². The van der Waals surface area contributed by atoms with Crippen LogP contribution in [0.1, 0.15) is 12.0 Å². The Morgan fingerprint density at radius 3 is 3.03 bits per heavy atom. The molecule has 29 heavy (non-hydrogen) atoms. The molecule has 2 heterocycles. The van der Waals surface area contributed by atoms with Gasteiger partial charge in [0.05, 0.1) is 12.9 Å². The standard InChI is InChI=1S/C20H19FN4O2S2/c1-27-16-7-8-17-13(10-16)4-3-9-25(17)18(26)12-28-20-24-23-19(29-20)22-15-6-2-5-14(21)11-15/h2,5-8,10-11H,3-4,9,12H2,1H3,(H,22,23). The summed E-state index contributed by atoms with van der Waals surface area (Å²) in [7, 11) is 1.64. The summed E-state index contributed by atoms with van der Waals surface area (Å²) < 4.78 is 19.3. The van der Waals surface area contributed by atoms with E-state index in [1.165, 1.54) is 35.2 Å². The molecule has 3 aromatic rings. The molecule has 9 heteroatoms. The third-order valence-corrected chi connectivity index (χ3v) is 6.46. The highest BCUT2D eigenvalue weighted by Crippen LogP contribution is 2.32. The smallest absolute Gasteiger partial charge is 0.237 e. The maximum absolute atomic E-state index is 13.3. The first-order valence-electron chi connectivity index (χ1n) is 9.08. The minimum absolute atomic E-state index is 0.0379. The number of carbonyl (C=O) groups is 1. The van der Waals surface area contributed by atoms with E-state index in [4.69, 9.17) is 4.74 Å². The van der Waals surface area contributed by atoms with Crippen molar-refractivity contribution < 1.29 is 13.9 Å². The van der Waals surface area contributed by atoms with Crippen LogP contribution in [0.5, 0.6) is 5.75 Å². The number of amides is 1. The second-order valence-corrected chi connectivity index (χ2v) is 8.64. The zero-order valence-corrected chi connectivity index (χ0v) is 17.4. The largest absolute Gasteiger partial charge is 0.497 e. The number of carbonyl (C=O) groups excluding carboxylic acids is 1. The summed E-state index contributed by atoms with van der Waals surface area (Å²) in [4.78, 5) is 14.6. The van der Waals surface area contributed by atoms with Gasteiger partial charge in [-0.15, -0.1) is 10.2 Å². The minimum atomic E-state index is -0.320. The summed E-state index contributed by atoms with van der Waals surface area (Å²) in [5.41, 5.74) is 2.69. The fraction of sp³-hybridized carbons (Fsp3) is 0.250. The second kappa shape index (κ2) is 8.79. The van der Waals surface area contributed by atoms with Crippen LogP contribution in [0.15, 0.2) is 46.8 Å². The highest BCUT2D eigenvalue weighted by Gasteiger charge is 2.23. The van der Waals surface area contributed by atoms with Gasteiger partial charge in [0.25, 0.3) is 0 Å². The van der Waals surface area contributed by atoms with E-state index in [1.54, 1.807) is 19.2 Å². The van der Waals surface area contributed by atoms with Crippen LogP contribution in [-0.4, -0.2) is 35.5 Å². The number of rotatable bonds is 6. The average Bonchev–Trinajstić information content (AvgIpc) is 3.18. The number of ether oxygens (including phenoxy) is 1. The maximum Gasteiger partial charge on any atom is 0.237 e. The lowest BCUT2D eigenvalue weighted by Crippen LogP contribution is -2.36. The number of nitrogens with one attached hydrogen (secondary N) is 1. The fourth-order valence-corrected chi connectivity index (χ4v) is 4.82. The van der Waals surface area contributed by atoms with Gasteiger partial charge in [0.15, 0.2) is 4.34 Å². The van der Waals surface area contributed by atoms with Gasteiger partial charge in [0, 0.05) is 17.9 Å². The molecule has 0 saturated heterocycles. The molecule has 6 nitrogen and oxygen atoms in total. The zero-order chi connectivity index (χ0) is 20.2. The van der Waals surface area contributed by atoms with Crippen molar-refractivity contribution in [1.29, 1.82) is 0 Å². The van der Waals surface area contributed by atoms with Gasteiger partial charge >= 0.3 is 0 Å². The molecule has 0 radical (unpaired) electrons. The Bertz CT molecular complexity index is 1030. The predicted octanol–water partition coefficient (Wildman–Crippen LogP) is 4.50. The number of nitrogens with zero attached hydrogens (tertiary/aromatic N) is 3. The first-order chi connectivity index (χ1) is 14.1. The zero-order valence-electron chi connectivity index (χ0n) is 15.7. The number of hydrogen-bond acceptors (Lipinski definition) is 7. The number of aromatic nitrogens is 2. The number of hydrogen-bond donors (Lipinski definition) is 1. The molecule has 1 aliphatic heterocycles. The molecule has 150 valence electrons. The van der Waals surface area contributed by atoms with E-state index in [2.05, 4.69) is 15.5 Å². The first kappa shape index (κ1) is 19.7. The van der Waals surface area contributed by atoms with Gasteiger partial charge in [-0.2, -0.15) is 0 Å². The number of halogens is 1. The van der Waals surface area contributed by atoms with E-state index >= 15 is 0 Å². The molecule has 0 bridgehead atoms. The average molecular weight is 431 g/mol. The van der Waals surface area contributed by atoms with Gasteiger partial charge in [-0.25, -0.2) is 4.39 Å². The number of fused-ring (bicyclic) bond motifs is 1. The Morgan fingerprint density at radius 2 is 2.21 bits per heavy atom. The number of benzene rings is 2. The molecule has 4 rings (SSSR count).